The molecule has 0 N–H and O–H groups in total. The molecule has 3 heterocycles. The highest BCUT2D eigenvalue weighted by Crippen LogP contribution is 2.19. The van der Waals surface area contributed by atoms with Gasteiger partial charge in [0.25, 0.3) is 0 Å². The van der Waals surface area contributed by atoms with Crippen molar-refractivity contribution < 1.29 is 9.47 Å². The zero-order valence-electron chi connectivity index (χ0n) is 12.9. The molecule has 0 aromatic carbocycles. The monoisotopic (exact) mass is 293 g/mol. The van der Waals surface area contributed by atoms with Gasteiger partial charge in [-0.3, -0.25) is 4.68 Å². The van der Waals surface area contributed by atoms with Crippen molar-refractivity contribution in [1.82, 2.24) is 14.7 Å². The smallest absolute Gasteiger partial charge is 0.232 e. The van der Waals surface area contributed by atoms with Crippen LogP contribution < -0.4 is 4.74 Å². The molecule has 0 bridgehead atoms. The Balaban J connectivity index is 1.31. The summed E-state index contributed by atoms with van der Waals surface area (Å²) in [7, 11) is 0. The Labute approximate surface area is 127 Å². The molecule has 0 saturated carbocycles. The number of rotatable bonds is 6. The van der Waals surface area contributed by atoms with Gasteiger partial charge in [-0.2, -0.15) is 0 Å². The predicted molar refractivity (Wildman–Crippen MR) is 81.8 cm³/mol. The zero-order valence-corrected chi connectivity index (χ0v) is 12.9. The maximum absolute atomic E-state index is 5.80. The summed E-state index contributed by atoms with van der Waals surface area (Å²) in [6, 6.07) is 2.12. The Bertz CT molecular complexity index is 402. The Morgan fingerprint density at radius 2 is 2.10 bits per heavy atom. The second-order valence-corrected chi connectivity index (χ2v) is 6.02. The van der Waals surface area contributed by atoms with E-state index in [1.54, 1.807) is 0 Å². The van der Waals surface area contributed by atoms with Gasteiger partial charge in [0.1, 0.15) is 0 Å². The number of aryl methyl sites for hydroxylation is 2. The molecule has 5 heteroatoms. The standard InChI is InChI=1S/C16H27N3O2/c1-2-9-19-15(6-1)14-16(17-19)21-12-4-3-7-18-8-5-11-20-13-10-18/h14H,1-13H2. The van der Waals surface area contributed by atoms with Crippen molar-refractivity contribution in [2.24, 2.45) is 0 Å². The number of hydrogen-bond acceptors (Lipinski definition) is 4. The minimum atomic E-state index is 0.779. The molecular weight excluding hydrogens is 266 g/mol. The fraction of sp³-hybridized carbons (Fsp3) is 0.812. The SMILES string of the molecule is c1c(OCCCCN2CCCOCC2)nn2c1CCCC2. The van der Waals surface area contributed by atoms with Crippen LogP contribution >= 0.6 is 0 Å². The number of aromatic nitrogens is 2. The van der Waals surface area contributed by atoms with E-state index in [0.717, 1.165) is 64.6 Å². The summed E-state index contributed by atoms with van der Waals surface area (Å²) < 4.78 is 13.4. The zero-order chi connectivity index (χ0) is 14.3. The molecule has 0 unspecified atom stereocenters. The maximum Gasteiger partial charge on any atom is 0.232 e. The molecule has 1 saturated heterocycles. The number of ether oxygens (including phenoxy) is 2. The molecule has 2 aliphatic rings. The van der Waals surface area contributed by atoms with Gasteiger partial charge >= 0.3 is 0 Å². The first kappa shape index (κ1) is 14.9. The molecule has 1 aromatic heterocycles. The first-order chi connectivity index (χ1) is 10.4. The van der Waals surface area contributed by atoms with Gasteiger partial charge in [0, 0.05) is 38.0 Å². The van der Waals surface area contributed by atoms with Crippen LogP contribution in [0.4, 0.5) is 0 Å². The molecule has 1 fully saturated rings. The Morgan fingerprint density at radius 3 is 3.05 bits per heavy atom. The van der Waals surface area contributed by atoms with E-state index in [9.17, 15) is 0 Å². The van der Waals surface area contributed by atoms with E-state index in [2.05, 4.69) is 20.7 Å². The lowest BCUT2D eigenvalue weighted by Gasteiger charge is -2.18. The second-order valence-electron chi connectivity index (χ2n) is 6.02. The van der Waals surface area contributed by atoms with Crippen LogP contribution in [0.2, 0.25) is 0 Å². The second kappa shape index (κ2) is 7.80. The van der Waals surface area contributed by atoms with Gasteiger partial charge in [-0.05, 0) is 45.1 Å². The number of hydrogen-bond donors (Lipinski definition) is 0. The lowest BCUT2D eigenvalue weighted by Crippen LogP contribution is -2.27. The molecule has 0 spiro atoms. The third-order valence-corrected chi connectivity index (χ3v) is 4.33. The van der Waals surface area contributed by atoms with Crippen LogP contribution in [0.5, 0.6) is 5.88 Å². The number of fused-ring (bicyclic) bond motifs is 1. The van der Waals surface area contributed by atoms with Crippen molar-refractivity contribution in [1.29, 1.82) is 0 Å². The molecule has 0 aliphatic carbocycles. The Morgan fingerprint density at radius 1 is 1.10 bits per heavy atom. The fourth-order valence-corrected chi connectivity index (χ4v) is 3.10. The largest absolute Gasteiger partial charge is 0.477 e. The summed E-state index contributed by atoms with van der Waals surface area (Å²) in [6.07, 6.45) is 7.12. The van der Waals surface area contributed by atoms with E-state index < -0.39 is 0 Å². The number of unbranched alkanes of at least 4 members (excludes halogenated alkanes) is 1. The lowest BCUT2D eigenvalue weighted by molar-refractivity contribution is 0.141. The normalized spacial score (nSPS) is 20.0. The van der Waals surface area contributed by atoms with Crippen LogP contribution in [0.15, 0.2) is 6.07 Å². The topological polar surface area (TPSA) is 39.5 Å². The molecular formula is C16H27N3O2. The first-order valence-electron chi connectivity index (χ1n) is 8.41. The van der Waals surface area contributed by atoms with E-state index >= 15 is 0 Å². The van der Waals surface area contributed by atoms with E-state index in [4.69, 9.17) is 9.47 Å². The van der Waals surface area contributed by atoms with Crippen LogP contribution in [0.1, 0.15) is 37.8 Å². The van der Waals surface area contributed by atoms with Crippen LogP contribution in [-0.4, -0.2) is 54.1 Å². The van der Waals surface area contributed by atoms with Crippen molar-refractivity contribution in [2.75, 3.05) is 39.5 Å². The molecule has 2 aliphatic heterocycles. The molecule has 1 aromatic rings. The van der Waals surface area contributed by atoms with Gasteiger partial charge in [0.15, 0.2) is 0 Å². The molecule has 0 amide bonds. The summed E-state index contributed by atoms with van der Waals surface area (Å²) in [5.41, 5.74) is 1.33. The highest BCUT2D eigenvalue weighted by atomic mass is 16.5. The molecule has 3 rings (SSSR count). The predicted octanol–water partition coefficient (Wildman–Crippen LogP) is 2.10. The van der Waals surface area contributed by atoms with Crippen molar-refractivity contribution >= 4 is 0 Å². The molecule has 0 atom stereocenters. The highest BCUT2D eigenvalue weighted by Gasteiger charge is 2.12. The third kappa shape index (κ3) is 4.45. The van der Waals surface area contributed by atoms with E-state index in [0.29, 0.717) is 0 Å². The van der Waals surface area contributed by atoms with Gasteiger partial charge in [-0.15, -0.1) is 5.10 Å². The summed E-state index contributed by atoms with van der Waals surface area (Å²) in [5.74, 6) is 0.815. The van der Waals surface area contributed by atoms with Gasteiger partial charge < -0.3 is 14.4 Å². The minimum Gasteiger partial charge on any atom is -0.477 e. The summed E-state index contributed by atoms with van der Waals surface area (Å²) in [4.78, 5) is 2.50. The molecule has 5 nitrogen and oxygen atoms in total. The maximum atomic E-state index is 5.80. The van der Waals surface area contributed by atoms with Crippen molar-refractivity contribution in [3.05, 3.63) is 11.8 Å². The van der Waals surface area contributed by atoms with Gasteiger partial charge in [0.05, 0.1) is 13.2 Å². The van der Waals surface area contributed by atoms with Crippen LogP contribution in [-0.2, 0) is 17.7 Å². The number of nitrogens with zero attached hydrogens (tertiary/aromatic N) is 3. The van der Waals surface area contributed by atoms with E-state index in [1.165, 1.54) is 31.5 Å². The molecule has 0 radical (unpaired) electrons. The molecule has 21 heavy (non-hydrogen) atoms. The van der Waals surface area contributed by atoms with Crippen LogP contribution in [0, 0.1) is 0 Å². The first-order valence-corrected chi connectivity index (χ1v) is 8.41. The third-order valence-electron chi connectivity index (χ3n) is 4.33. The summed E-state index contributed by atoms with van der Waals surface area (Å²) in [5, 5.41) is 4.52. The quantitative estimate of drug-likeness (QED) is 0.753. The van der Waals surface area contributed by atoms with Crippen LogP contribution in [0.3, 0.4) is 0 Å². The highest BCUT2D eigenvalue weighted by molar-refractivity contribution is 5.16. The summed E-state index contributed by atoms with van der Waals surface area (Å²) in [6.45, 7) is 7.05. The Hall–Kier alpha value is -1.07. The Kier molecular flexibility index (Phi) is 5.52. The lowest BCUT2D eigenvalue weighted by atomic mass is 10.1. The van der Waals surface area contributed by atoms with Gasteiger partial charge in [-0.1, -0.05) is 0 Å². The minimum absolute atomic E-state index is 0.779. The average molecular weight is 293 g/mol. The van der Waals surface area contributed by atoms with Crippen molar-refractivity contribution in [3.8, 4) is 5.88 Å². The van der Waals surface area contributed by atoms with E-state index in [1.807, 2.05) is 0 Å². The van der Waals surface area contributed by atoms with Gasteiger partial charge in [-0.25, -0.2) is 0 Å². The van der Waals surface area contributed by atoms with Crippen molar-refractivity contribution in [2.45, 2.75) is 45.1 Å². The van der Waals surface area contributed by atoms with Crippen LogP contribution in [0.25, 0.3) is 0 Å². The molecule has 118 valence electrons. The van der Waals surface area contributed by atoms with Gasteiger partial charge in [0.2, 0.25) is 5.88 Å². The average Bonchev–Trinajstić information content (AvgIpc) is 2.74. The van der Waals surface area contributed by atoms with E-state index in [-0.39, 0.29) is 0 Å². The fourth-order valence-electron chi connectivity index (χ4n) is 3.10. The van der Waals surface area contributed by atoms with Crippen molar-refractivity contribution in [3.63, 3.8) is 0 Å². The summed E-state index contributed by atoms with van der Waals surface area (Å²) >= 11 is 0.